The van der Waals surface area contributed by atoms with Crippen LogP contribution in [0.3, 0.4) is 0 Å². The van der Waals surface area contributed by atoms with E-state index < -0.39 is 0 Å². The summed E-state index contributed by atoms with van der Waals surface area (Å²) in [6, 6.07) is 0. The van der Waals surface area contributed by atoms with E-state index >= 15 is 0 Å². The molecule has 0 aliphatic carbocycles. The molecule has 0 saturated heterocycles. The Morgan fingerprint density at radius 3 is 2.60 bits per heavy atom. The minimum absolute atomic E-state index is 0.312. The van der Waals surface area contributed by atoms with E-state index in [4.69, 9.17) is 21.9 Å². The lowest BCUT2D eigenvalue weighted by Gasteiger charge is -2.23. The van der Waals surface area contributed by atoms with Crippen LogP contribution in [0, 0.1) is 0 Å². The van der Waals surface area contributed by atoms with Crippen LogP contribution in [0.1, 0.15) is 13.8 Å². The maximum atomic E-state index is 5.68. The lowest BCUT2D eigenvalue weighted by Crippen LogP contribution is -2.35. The highest BCUT2D eigenvalue weighted by atomic mass is 16.5. The fourth-order valence-corrected chi connectivity index (χ4v) is 1.05. The molecule has 0 aromatic carbocycles. The maximum Gasteiger partial charge on any atom is 0.145 e. The molecule has 15 heavy (non-hydrogen) atoms. The molecular formula is C9H19N5O. The number of nitrogen functional groups attached to an aromatic ring is 2. The van der Waals surface area contributed by atoms with Crippen molar-refractivity contribution in [1.29, 1.82) is 0 Å². The van der Waals surface area contributed by atoms with Gasteiger partial charge in [0, 0.05) is 6.54 Å². The van der Waals surface area contributed by atoms with Crippen LogP contribution in [0.25, 0.3) is 0 Å². The molecule has 6 N–H and O–H groups in total. The second-order valence-electron chi connectivity index (χ2n) is 4.02. The van der Waals surface area contributed by atoms with Crippen LogP contribution in [-0.4, -0.2) is 28.5 Å². The predicted octanol–water partition coefficient (Wildman–Crippen LogP) is -0.199. The van der Waals surface area contributed by atoms with Gasteiger partial charge in [-0.2, -0.15) is 5.10 Å². The molecule has 86 valence electrons. The summed E-state index contributed by atoms with van der Waals surface area (Å²) in [7, 11) is 0. The Labute approximate surface area is 89.4 Å². The van der Waals surface area contributed by atoms with E-state index in [2.05, 4.69) is 5.10 Å². The fourth-order valence-electron chi connectivity index (χ4n) is 1.05. The van der Waals surface area contributed by atoms with Gasteiger partial charge in [-0.05, 0) is 13.8 Å². The Morgan fingerprint density at radius 1 is 1.47 bits per heavy atom. The van der Waals surface area contributed by atoms with Gasteiger partial charge in [0.25, 0.3) is 0 Å². The Kier molecular flexibility index (Phi) is 3.54. The van der Waals surface area contributed by atoms with E-state index in [0.717, 1.165) is 0 Å². The van der Waals surface area contributed by atoms with Gasteiger partial charge in [-0.1, -0.05) is 0 Å². The summed E-state index contributed by atoms with van der Waals surface area (Å²) < 4.78 is 7.18. The van der Waals surface area contributed by atoms with Crippen molar-refractivity contribution in [3.8, 4) is 0 Å². The van der Waals surface area contributed by atoms with E-state index in [-0.39, 0.29) is 5.60 Å². The van der Waals surface area contributed by atoms with Crippen molar-refractivity contribution in [2.45, 2.75) is 26.0 Å². The lowest BCUT2D eigenvalue weighted by molar-refractivity contribution is -0.0149. The second-order valence-corrected chi connectivity index (χ2v) is 4.02. The van der Waals surface area contributed by atoms with Crippen LogP contribution in [-0.2, 0) is 11.3 Å². The predicted molar refractivity (Wildman–Crippen MR) is 60.1 cm³/mol. The van der Waals surface area contributed by atoms with Crippen molar-refractivity contribution in [2.75, 3.05) is 24.6 Å². The van der Waals surface area contributed by atoms with E-state index in [0.29, 0.717) is 31.2 Å². The van der Waals surface area contributed by atoms with Crippen LogP contribution in [0.15, 0.2) is 6.20 Å². The van der Waals surface area contributed by atoms with Gasteiger partial charge in [-0.3, -0.25) is 0 Å². The first kappa shape index (κ1) is 11.8. The Morgan fingerprint density at radius 2 is 2.13 bits per heavy atom. The summed E-state index contributed by atoms with van der Waals surface area (Å²) in [5.41, 5.74) is 16.9. The van der Waals surface area contributed by atoms with Gasteiger partial charge in [-0.15, -0.1) is 0 Å². The number of hydrogen-bond acceptors (Lipinski definition) is 5. The average Bonchev–Trinajstić information content (AvgIpc) is 2.49. The van der Waals surface area contributed by atoms with E-state index in [9.17, 15) is 0 Å². The summed E-state index contributed by atoms with van der Waals surface area (Å²) in [6.07, 6.45) is 1.53. The first-order chi connectivity index (χ1) is 6.96. The summed E-state index contributed by atoms with van der Waals surface area (Å²) in [6.45, 7) is 5.44. The normalized spacial score (nSPS) is 11.9. The highest BCUT2D eigenvalue weighted by molar-refractivity contribution is 5.56. The smallest absolute Gasteiger partial charge is 0.145 e. The van der Waals surface area contributed by atoms with Crippen molar-refractivity contribution >= 4 is 11.5 Å². The summed E-state index contributed by atoms with van der Waals surface area (Å²) in [5, 5.41) is 4.02. The van der Waals surface area contributed by atoms with Gasteiger partial charge in [0.2, 0.25) is 0 Å². The molecule has 0 aliphatic rings. The van der Waals surface area contributed by atoms with Gasteiger partial charge >= 0.3 is 0 Å². The molecule has 1 aromatic rings. The van der Waals surface area contributed by atoms with Gasteiger partial charge in [-0.25, -0.2) is 4.68 Å². The minimum atomic E-state index is -0.312. The van der Waals surface area contributed by atoms with Crippen molar-refractivity contribution in [3.63, 3.8) is 0 Å². The molecule has 0 amide bonds. The molecule has 0 radical (unpaired) electrons. The molecule has 6 nitrogen and oxygen atoms in total. The monoisotopic (exact) mass is 213 g/mol. The van der Waals surface area contributed by atoms with Crippen LogP contribution in [0.2, 0.25) is 0 Å². The molecule has 1 heterocycles. The van der Waals surface area contributed by atoms with Crippen LogP contribution < -0.4 is 17.2 Å². The van der Waals surface area contributed by atoms with Gasteiger partial charge in [0.1, 0.15) is 5.82 Å². The third-order valence-electron chi connectivity index (χ3n) is 2.20. The van der Waals surface area contributed by atoms with Crippen LogP contribution in [0.5, 0.6) is 0 Å². The quantitative estimate of drug-likeness (QED) is 0.628. The summed E-state index contributed by atoms with van der Waals surface area (Å²) in [4.78, 5) is 0. The zero-order valence-electron chi connectivity index (χ0n) is 9.23. The molecular weight excluding hydrogens is 194 g/mol. The van der Waals surface area contributed by atoms with E-state index in [1.807, 2.05) is 13.8 Å². The second kappa shape index (κ2) is 4.50. The number of hydrogen-bond donors (Lipinski definition) is 3. The van der Waals surface area contributed by atoms with Crippen LogP contribution >= 0.6 is 0 Å². The summed E-state index contributed by atoms with van der Waals surface area (Å²) >= 11 is 0. The number of anilines is 2. The molecule has 0 aliphatic heterocycles. The number of ether oxygens (including phenoxy) is 1. The van der Waals surface area contributed by atoms with Crippen molar-refractivity contribution in [1.82, 2.24) is 9.78 Å². The largest absolute Gasteiger partial charge is 0.394 e. The first-order valence-electron chi connectivity index (χ1n) is 4.87. The molecule has 0 unspecified atom stereocenters. The van der Waals surface area contributed by atoms with Crippen molar-refractivity contribution < 1.29 is 4.74 Å². The third kappa shape index (κ3) is 3.10. The van der Waals surface area contributed by atoms with Crippen LogP contribution in [0.4, 0.5) is 11.5 Å². The minimum Gasteiger partial charge on any atom is -0.394 e. The number of nitrogens with zero attached hydrogens (tertiary/aromatic N) is 2. The highest BCUT2D eigenvalue weighted by Crippen LogP contribution is 2.13. The molecule has 1 rings (SSSR count). The first-order valence-corrected chi connectivity index (χ1v) is 4.87. The third-order valence-corrected chi connectivity index (χ3v) is 2.20. The molecule has 0 spiro atoms. The molecule has 0 atom stereocenters. The average molecular weight is 213 g/mol. The zero-order valence-corrected chi connectivity index (χ0v) is 9.23. The molecule has 0 fully saturated rings. The van der Waals surface area contributed by atoms with E-state index in [1.165, 1.54) is 6.20 Å². The van der Waals surface area contributed by atoms with Crippen molar-refractivity contribution in [3.05, 3.63) is 6.20 Å². The summed E-state index contributed by atoms with van der Waals surface area (Å²) in [5.74, 6) is 0.476. The van der Waals surface area contributed by atoms with Crippen molar-refractivity contribution in [2.24, 2.45) is 5.73 Å². The highest BCUT2D eigenvalue weighted by Gasteiger charge is 2.15. The number of nitrogens with two attached hydrogens (primary N) is 3. The number of rotatable bonds is 5. The van der Waals surface area contributed by atoms with Gasteiger partial charge in [0.15, 0.2) is 0 Å². The van der Waals surface area contributed by atoms with E-state index in [1.54, 1.807) is 4.68 Å². The Balaban J connectivity index is 2.42. The fraction of sp³-hybridized carbons (Fsp3) is 0.667. The topological polar surface area (TPSA) is 105 Å². The van der Waals surface area contributed by atoms with Gasteiger partial charge < -0.3 is 21.9 Å². The Hall–Kier alpha value is -1.27. The molecule has 6 heteroatoms. The lowest BCUT2D eigenvalue weighted by atomic mass is 10.1. The Bertz CT molecular complexity index is 320. The van der Waals surface area contributed by atoms with Gasteiger partial charge in [0.05, 0.1) is 30.6 Å². The number of aromatic nitrogens is 2. The molecule has 0 saturated carbocycles. The molecule has 1 aromatic heterocycles. The SMILES string of the molecule is CC(C)(CN)OCCn1ncc(N)c1N. The maximum absolute atomic E-state index is 5.68. The molecule has 0 bridgehead atoms. The standard InChI is InChI=1S/C9H19N5O/c1-9(2,6-10)15-4-3-14-8(12)7(11)5-13-14/h5H,3-4,6,10-12H2,1-2H3. The zero-order chi connectivity index (χ0) is 11.5.